The van der Waals surface area contributed by atoms with Crippen molar-refractivity contribution in [2.75, 3.05) is 11.9 Å². The Balaban J connectivity index is 2.30. The minimum Gasteiger partial charge on any atom is -0.464 e. The molecule has 2 atom stereocenters. The van der Waals surface area contributed by atoms with Crippen LogP contribution in [-0.2, 0) is 9.53 Å². The van der Waals surface area contributed by atoms with E-state index in [1.165, 1.54) is 12.1 Å². The van der Waals surface area contributed by atoms with Gasteiger partial charge in [-0.25, -0.2) is 9.18 Å². The summed E-state index contributed by atoms with van der Waals surface area (Å²) in [6, 6.07) is 6.17. The molecule has 1 aromatic carbocycles. The molecule has 1 saturated carbocycles. The minimum absolute atomic E-state index is 0.180. The van der Waals surface area contributed by atoms with Crippen LogP contribution in [0.1, 0.15) is 46.0 Å². The Labute approximate surface area is 125 Å². The largest absolute Gasteiger partial charge is 0.464 e. The molecule has 2 unspecified atom stereocenters. The highest BCUT2D eigenvalue weighted by molar-refractivity contribution is 5.85. The molecule has 4 heteroatoms. The van der Waals surface area contributed by atoms with E-state index >= 15 is 0 Å². The third-order valence-electron chi connectivity index (χ3n) is 4.41. The Morgan fingerprint density at radius 3 is 2.67 bits per heavy atom. The summed E-state index contributed by atoms with van der Waals surface area (Å²) < 4.78 is 18.4. The number of esters is 1. The Bertz CT molecular complexity index is 474. The summed E-state index contributed by atoms with van der Waals surface area (Å²) in [5, 5.41) is 3.37. The van der Waals surface area contributed by atoms with Gasteiger partial charge in [-0.15, -0.1) is 0 Å². The highest BCUT2D eigenvalue weighted by Gasteiger charge is 2.47. The van der Waals surface area contributed by atoms with Crippen LogP contribution < -0.4 is 5.32 Å². The first-order valence-corrected chi connectivity index (χ1v) is 7.83. The van der Waals surface area contributed by atoms with Gasteiger partial charge in [0.1, 0.15) is 11.4 Å². The number of halogens is 1. The lowest BCUT2D eigenvalue weighted by Crippen LogP contribution is -2.55. The summed E-state index contributed by atoms with van der Waals surface area (Å²) in [4.78, 5) is 12.6. The molecule has 0 bridgehead atoms. The van der Waals surface area contributed by atoms with Gasteiger partial charge in [-0.2, -0.15) is 0 Å². The van der Waals surface area contributed by atoms with Gasteiger partial charge in [-0.3, -0.25) is 0 Å². The summed E-state index contributed by atoms with van der Waals surface area (Å²) in [5.41, 5.74) is 0.0886. The summed E-state index contributed by atoms with van der Waals surface area (Å²) in [6.07, 6.45) is 4.85. The maximum absolute atomic E-state index is 13.1. The quantitative estimate of drug-likeness (QED) is 0.829. The van der Waals surface area contributed by atoms with Crippen molar-refractivity contribution in [1.29, 1.82) is 0 Å². The first-order valence-electron chi connectivity index (χ1n) is 7.83. The predicted octanol–water partition coefficient (Wildman–Crippen LogP) is 4.14. The zero-order valence-corrected chi connectivity index (χ0v) is 12.8. The first kappa shape index (κ1) is 15.8. The molecule has 1 aromatic rings. The summed E-state index contributed by atoms with van der Waals surface area (Å²) in [6.45, 7) is 4.31. The molecule has 0 saturated heterocycles. The predicted molar refractivity (Wildman–Crippen MR) is 81.6 cm³/mol. The molecular weight excluding hydrogens is 269 g/mol. The van der Waals surface area contributed by atoms with E-state index in [9.17, 15) is 9.18 Å². The van der Waals surface area contributed by atoms with Crippen LogP contribution >= 0.6 is 0 Å². The van der Waals surface area contributed by atoms with Gasteiger partial charge < -0.3 is 10.1 Å². The van der Waals surface area contributed by atoms with E-state index < -0.39 is 5.54 Å². The van der Waals surface area contributed by atoms with Crippen LogP contribution in [0.4, 0.5) is 10.1 Å². The van der Waals surface area contributed by atoms with Gasteiger partial charge in [-0.05, 0) is 49.9 Å². The van der Waals surface area contributed by atoms with Crippen LogP contribution in [0.5, 0.6) is 0 Å². The number of benzene rings is 1. The molecule has 0 heterocycles. The number of anilines is 1. The molecule has 0 aliphatic heterocycles. The highest BCUT2D eigenvalue weighted by atomic mass is 19.1. The molecule has 3 nitrogen and oxygen atoms in total. The van der Waals surface area contributed by atoms with E-state index in [1.807, 2.05) is 6.92 Å². The van der Waals surface area contributed by atoms with Crippen molar-refractivity contribution in [2.45, 2.75) is 51.5 Å². The Morgan fingerprint density at radius 2 is 2.05 bits per heavy atom. The number of nitrogens with one attached hydrogen (secondary N) is 1. The van der Waals surface area contributed by atoms with E-state index in [-0.39, 0.29) is 17.7 Å². The van der Waals surface area contributed by atoms with Gasteiger partial charge in [0.2, 0.25) is 0 Å². The van der Waals surface area contributed by atoms with Gasteiger partial charge >= 0.3 is 5.97 Å². The fourth-order valence-electron chi connectivity index (χ4n) is 3.33. The number of carbonyl (C=O) groups excluding carboxylic acids is 1. The smallest absolute Gasteiger partial charge is 0.332 e. The lowest BCUT2D eigenvalue weighted by Gasteiger charge is -2.43. The average molecular weight is 293 g/mol. The van der Waals surface area contributed by atoms with Crippen molar-refractivity contribution >= 4 is 11.7 Å². The van der Waals surface area contributed by atoms with Gasteiger partial charge in [-0.1, -0.05) is 26.2 Å². The molecule has 0 radical (unpaired) electrons. The third-order valence-corrected chi connectivity index (χ3v) is 4.41. The van der Waals surface area contributed by atoms with Crippen molar-refractivity contribution in [2.24, 2.45) is 5.92 Å². The molecule has 1 aliphatic carbocycles. The van der Waals surface area contributed by atoms with Gasteiger partial charge in [0.05, 0.1) is 6.61 Å². The van der Waals surface area contributed by atoms with E-state index in [1.54, 1.807) is 12.1 Å². The Morgan fingerprint density at radius 1 is 1.33 bits per heavy atom. The zero-order chi connectivity index (χ0) is 15.3. The maximum Gasteiger partial charge on any atom is 0.332 e. The zero-order valence-electron chi connectivity index (χ0n) is 12.8. The van der Waals surface area contributed by atoms with E-state index in [0.29, 0.717) is 6.61 Å². The van der Waals surface area contributed by atoms with Crippen LogP contribution in [0.15, 0.2) is 24.3 Å². The summed E-state index contributed by atoms with van der Waals surface area (Å²) in [7, 11) is 0. The Hall–Kier alpha value is -1.58. The van der Waals surface area contributed by atoms with Gasteiger partial charge in [0.15, 0.2) is 0 Å². The molecular formula is C17H24FNO2. The molecule has 116 valence electrons. The van der Waals surface area contributed by atoms with Crippen LogP contribution in [0.2, 0.25) is 0 Å². The standard InChI is InChI=1S/C17H24FNO2/c1-3-13-7-5-6-12-17(13,16(20)21-4-2)19-15-10-8-14(18)9-11-15/h8-11,13,19H,3-7,12H2,1-2H3. The highest BCUT2D eigenvalue weighted by Crippen LogP contribution is 2.39. The molecule has 1 N–H and O–H groups in total. The minimum atomic E-state index is -0.680. The normalized spacial score (nSPS) is 25.4. The second-order valence-corrected chi connectivity index (χ2v) is 5.67. The molecule has 2 rings (SSSR count). The number of hydrogen-bond donors (Lipinski definition) is 1. The van der Waals surface area contributed by atoms with Crippen LogP contribution in [0.3, 0.4) is 0 Å². The van der Waals surface area contributed by atoms with Crippen LogP contribution in [-0.4, -0.2) is 18.1 Å². The van der Waals surface area contributed by atoms with E-state index in [2.05, 4.69) is 12.2 Å². The monoisotopic (exact) mass is 293 g/mol. The summed E-state index contributed by atoms with van der Waals surface area (Å²) in [5.74, 6) is -0.211. The molecule has 0 amide bonds. The Kier molecular flexibility index (Phi) is 5.21. The number of ether oxygens (including phenoxy) is 1. The second kappa shape index (κ2) is 6.92. The van der Waals surface area contributed by atoms with Crippen molar-refractivity contribution in [1.82, 2.24) is 0 Å². The van der Waals surface area contributed by atoms with Crippen molar-refractivity contribution in [3.8, 4) is 0 Å². The molecule has 0 aromatic heterocycles. The van der Waals surface area contributed by atoms with E-state index in [0.717, 1.165) is 37.8 Å². The van der Waals surface area contributed by atoms with Gasteiger partial charge in [0.25, 0.3) is 0 Å². The molecule has 0 spiro atoms. The SMILES string of the molecule is CCOC(=O)C1(Nc2ccc(F)cc2)CCCCC1CC. The number of carbonyl (C=O) groups is 1. The topological polar surface area (TPSA) is 38.3 Å². The fourth-order valence-corrected chi connectivity index (χ4v) is 3.33. The van der Waals surface area contributed by atoms with Crippen molar-refractivity contribution in [3.63, 3.8) is 0 Å². The van der Waals surface area contributed by atoms with Crippen LogP contribution in [0, 0.1) is 11.7 Å². The molecule has 1 fully saturated rings. The number of rotatable bonds is 5. The molecule has 21 heavy (non-hydrogen) atoms. The van der Waals surface area contributed by atoms with Crippen LogP contribution in [0.25, 0.3) is 0 Å². The van der Waals surface area contributed by atoms with E-state index in [4.69, 9.17) is 4.74 Å². The van der Waals surface area contributed by atoms with Crippen molar-refractivity contribution < 1.29 is 13.9 Å². The van der Waals surface area contributed by atoms with Crippen molar-refractivity contribution in [3.05, 3.63) is 30.1 Å². The second-order valence-electron chi connectivity index (χ2n) is 5.67. The summed E-state index contributed by atoms with van der Waals surface area (Å²) >= 11 is 0. The third kappa shape index (κ3) is 3.36. The maximum atomic E-state index is 13.1. The first-order chi connectivity index (χ1) is 10.1. The lowest BCUT2D eigenvalue weighted by atomic mass is 9.71. The number of hydrogen-bond acceptors (Lipinski definition) is 3. The average Bonchev–Trinajstić information content (AvgIpc) is 2.50. The molecule has 1 aliphatic rings. The lowest BCUT2D eigenvalue weighted by molar-refractivity contribution is -0.152. The fraction of sp³-hybridized carbons (Fsp3) is 0.588. The van der Waals surface area contributed by atoms with Gasteiger partial charge in [0, 0.05) is 5.69 Å².